The Morgan fingerprint density at radius 3 is 2.79 bits per heavy atom. The normalized spacial score (nSPS) is 10.6. The Labute approximate surface area is 164 Å². The average Bonchev–Trinajstić information content (AvgIpc) is 3.27. The van der Waals surface area contributed by atoms with Crippen molar-refractivity contribution in [2.24, 2.45) is 12.8 Å². The quantitative estimate of drug-likeness (QED) is 0.455. The first-order valence-electron chi connectivity index (χ1n) is 8.36. The van der Waals surface area contributed by atoms with Crippen molar-refractivity contribution in [2.45, 2.75) is 13.5 Å². The summed E-state index contributed by atoms with van der Waals surface area (Å²) in [5.74, 6) is -1.03. The number of hydrogen-bond donors (Lipinski definition) is 2. The fourth-order valence-electron chi connectivity index (χ4n) is 2.62. The Kier molecular flexibility index (Phi) is 5.30. The lowest BCUT2D eigenvalue weighted by Gasteiger charge is -2.06. The van der Waals surface area contributed by atoms with Gasteiger partial charge >= 0.3 is 5.69 Å². The molecule has 0 saturated heterocycles. The van der Waals surface area contributed by atoms with Crippen LogP contribution in [0, 0.1) is 17.0 Å². The minimum Gasteiger partial charge on any atom is -0.479 e. The molecule has 0 saturated carbocycles. The molecule has 29 heavy (non-hydrogen) atoms. The van der Waals surface area contributed by atoms with E-state index in [9.17, 15) is 19.7 Å². The molecule has 3 N–H and O–H groups in total. The SMILES string of the molecule is Cc1ccc(OCc2ccc(C(=O)Nc3cnn(C)c3C(N)=O)o2)c([N+](=O)[O-])c1. The van der Waals surface area contributed by atoms with Crippen molar-refractivity contribution in [3.05, 3.63) is 69.4 Å². The zero-order chi connectivity index (χ0) is 21.1. The Bertz CT molecular complexity index is 1100. The molecule has 3 aromatic rings. The number of nitro groups is 1. The Hall–Kier alpha value is -4.15. The Balaban J connectivity index is 1.69. The molecule has 150 valence electrons. The second-order valence-corrected chi connectivity index (χ2v) is 6.13. The lowest BCUT2D eigenvalue weighted by atomic mass is 10.2. The number of amides is 2. The van der Waals surface area contributed by atoms with Crippen LogP contribution in [0.1, 0.15) is 32.4 Å². The Morgan fingerprint density at radius 2 is 2.10 bits per heavy atom. The number of nitrogens with one attached hydrogen (secondary N) is 1. The molecule has 0 fully saturated rings. The number of nitro benzene ring substituents is 1. The second-order valence-electron chi connectivity index (χ2n) is 6.13. The van der Waals surface area contributed by atoms with E-state index in [2.05, 4.69) is 10.4 Å². The number of nitrogens with zero attached hydrogens (tertiary/aromatic N) is 3. The number of hydrogen-bond acceptors (Lipinski definition) is 7. The number of nitrogens with two attached hydrogens (primary N) is 1. The predicted octanol–water partition coefficient (Wildman–Crippen LogP) is 2.16. The molecule has 2 amide bonds. The van der Waals surface area contributed by atoms with Gasteiger partial charge in [-0.2, -0.15) is 5.10 Å². The highest BCUT2D eigenvalue weighted by molar-refractivity contribution is 6.06. The third-order valence-corrected chi connectivity index (χ3v) is 3.99. The third kappa shape index (κ3) is 4.24. The molecule has 3 rings (SSSR count). The maximum Gasteiger partial charge on any atom is 0.311 e. The summed E-state index contributed by atoms with van der Waals surface area (Å²) in [6.45, 7) is 1.62. The van der Waals surface area contributed by atoms with Gasteiger partial charge in [0.15, 0.2) is 11.5 Å². The van der Waals surface area contributed by atoms with Gasteiger partial charge in [-0.25, -0.2) is 0 Å². The van der Waals surface area contributed by atoms with Crippen molar-refractivity contribution in [3.63, 3.8) is 0 Å². The molecule has 0 atom stereocenters. The Morgan fingerprint density at radius 1 is 1.34 bits per heavy atom. The number of carbonyl (C=O) groups excluding carboxylic acids is 2. The zero-order valence-electron chi connectivity index (χ0n) is 15.5. The van der Waals surface area contributed by atoms with Gasteiger partial charge in [0.05, 0.1) is 16.8 Å². The topological polar surface area (TPSA) is 156 Å². The van der Waals surface area contributed by atoms with Gasteiger partial charge in [-0.1, -0.05) is 6.07 Å². The number of aryl methyl sites for hydroxylation is 2. The monoisotopic (exact) mass is 399 g/mol. The molecule has 0 aliphatic heterocycles. The van der Waals surface area contributed by atoms with Gasteiger partial charge in [-0.15, -0.1) is 0 Å². The summed E-state index contributed by atoms with van der Waals surface area (Å²) < 4.78 is 12.1. The van der Waals surface area contributed by atoms with Crippen LogP contribution in [0.25, 0.3) is 0 Å². The van der Waals surface area contributed by atoms with Crippen LogP contribution in [0.2, 0.25) is 0 Å². The van der Waals surface area contributed by atoms with Gasteiger partial charge in [0.2, 0.25) is 0 Å². The molecule has 11 heteroatoms. The molecule has 11 nitrogen and oxygen atoms in total. The first-order valence-corrected chi connectivity index (χ1v) is 8.36. The molecule has 0 radical (unpaired) electrons. The first kappa shape index (κ1) is 19.6. The van der Waals surface area contributed by atoms with Crippen LogP contribution in [0.4, 0.5) is 11.4 Å². The predicted molar refractivity (Wildman–Crippen MR) is 101 cm³/mol. The number of rotatable bonds is 7. The van der Waals surface area contributed by atoms with Crippen LogP contribution < -0.4 is 15.8 Å². The number of benzene rings is 1. The summed E-state index contributed by atoms with van der Waals surface area (Å²) in [6, 6.07) is 7.51. The molecule has 0 spiro atoms. The maximum absolute atomic E-state index is 12.3. The molecule has 2 aromatic heterocycles. The van der Waals surface area contributed by atoms with E-state index in [1.807, 2.05) is 0 Å². The number of anilines is 1. The standard InChI is InChI=1S/C18H17N5O6/c1-10-3-5-14(13(7-10)23(26)27)28-9-11-4-6-15(29-11)18(25)21-12-8-20-22(2)16(12)17(19)24/h3-8H,9H2,1-2H3,(H2,19,24)(H,21,25). The average molecular weight is 399 g/mol. The van der Waals surface area contributed by atoms with Crippen molar-refractivity contribution in [1.29, 1.82) is 0 Å². The van der Waals surface area contributed by atoms with Gasteiger partial charge in [-0.05, 0) is 30.7 Å². The van der Waals surface area contributed by atoms with Gasteiger partial charge < -0.3 is 20.2 Å². The molecule has 0 aliphatic carbocycles. The minimum atomic E-state index is -0.742. The highest BCUT2D eigenvalue weighted by Gasteiger charge is 2.20. The van der Waals surface area contributed by atoms with Crippen molar-refractivity contribution in [2.75, 3.05) is 5.32 Å². The lowest BCUT2D eigenvalue weighted by molar-refractivity contribution is -0.386. The van der Waals surface area contributed by atoms with Crippen LogP contribution in [0.5, 0.6) is 5.75 Å². The van der Waals surface area contributed by atoms with E-state index >= 15 is 0 Å². The van der Waals surface area contributed by atoms with E-state index in [4.69, 9.17) is 14.9 Å². The summed E-state index contributed by atoms with van der Waals surface area (Å²) in [6.07, 6.45) is 1.29. The van der Waals surface area contributed by atoms with E-state index in [1.54, 1.807) is 13.0 Å². The number of primary amides is 1. The number of aromatic nitrogens is 2. The minimum absolute atomic E-state index is 0.0405. The molecule has 0 aliphatic rings. The lowest BCUT2D eigenvalue weighted by Crippen LogP contribution is -2.20. The molecular formula is C18H17N5O6. The third-order valence-electron chi connectivity index (χ3n) is 3.99. The smallest absolute Gasteiger partial charge is 0.311 e. The van der Waals surface area contributed by atoms with E-state index in [1.165, 1.54) is 42.2 Å². The van der Waals surface area contributed by atoms with Gasteiger partial charge in [0, 0.05) is 13.1 Å². The van der Waals surface area contributed by atoms with Crippen LogP contribution in [-0.2, 0) is 13.7 Å². The summed E-state index contributed by atoms with van der Waals surface area (Å²) in [5, 5.41) is 17.5. The van der Waals surface area contributed by atoms with E-state index in [0.717, 1.165) is 5.56 Å². The van der Waals surface area contributed by atoms with Crippen molar-refractivity contribution in [1.82, 2.24) is 9.78 Å². The summed E-state index contributed by atoms with van der Waals surface area (Å²) >= 11 is 0. The second kappa shape index (κ2) is 7.84. The largest absolute Gasteiger partial charge is 0.479 e. The molecule has 0 bridgehead atoms. The molecule has 2 heterocycles. The fourth-order valence-corrected chi connectivity index (χ4v) is 2.62. The van der Waals surface area contributed by atoms with E-state index in [-0.39, 0.29) is 40.9 Å². The van der Waals surface area contributed by atoms with Crippen LogP contribution >= 0.6 is 0 Å². The van der Waals surface area contributed by atoms with Crippen molar-refractivity contribution >= 4 is 23.2 Å². The highest BCUT2D eigenvalue weighted by Crippen LogP contribution is 2.28. The number of furan rings is 1. The fraction of sp³-hybridized carbons (Fsp3) is 0.167. The molecule has 0 unspecified atom stereocenters. The van der Waals surface area contributed by atoms with E-state index in [0.29, 0.717) is 0 Å². The van der Waals surface area contributed by atoms with Gasteiger partial charge in [0.25, 0.3) is 11.8 Å². The van der Waals surface area contributed by atoms with Crippen molar-refractivity contribution < 1.29 is 23.7 Å². The van der Waals surface area contributed by atoms with Gasteiger partial charge in [0.1, 0.15) is 18.1 Å². The van der Waals surface area contributed by atoms with Crippen LogP contribution in [-0.4, -0.2) is 26.5 Å². The zero-order valence-corrected chi connectivity index (χ0v) is 15.5. The van der Waals surface area contributed by atoms with E-state index < -0.39 is 16.7 Å². The highest BCUT2D eigenvalue weighted by atomic mass is 16.6. The maximum atomic E-state index is 12.3. The van der Waals surface area contributed by atoms with Crippen molar-refractivity contribution in [3.8, 4) is 5.75 Å². The number of ether oxygens (including phenoxy) is 1. The molecule has 1 aromatic carbocycles. The summed E-state index contributed by atoms with van der Waals surface area (Å²) in [7, 11) is 1.52. The van der Waals surface area contributed by atoms with Gasteiger partial charge in [-0.3, -0.25) is 24.4 Å². The first-order chi connectivity index (χ1) is 13.8. The summed E-state index contributed by atoms with van der Waals surface area (Å²) in [5.41, 5.74) is 6.03. The van der Waals surface area contributed by atoms with Crippen LogP contribution in [0.15, 0.2) is 40.9 Å². The summed E-state index contributed by atoms with van der Waals surface area (Å²) in [4.78, 5) is 34.4. The molecular weight excluding hydrogens is 382 g/mol. The van der Waals surface area contributed by atoms with Crippen LogP contribution in [0.3, 0.4) is 0 Å². The number of carbonyl (C=O) groups is 2.